The quantitative estimate of drug-likeness (QED) is 0.502. The first-order chi connectivity index (χ1) is 14.5. The number of hydrogen-bond acceptors (Lipinski definition) is 5. The molecule has 30 heavy (non-hydrogen) atoms. The molecular weight excluding hydrogens is 390 g/mol. The molecule has 0 aliphatic rings. The van der Waals surface area contributed by atoms with Gasteiger partial charge in [-0.15, -0.1) is 0 Å². The van der Waals surface area contributed by atoms with Crippen molar-refractivity contribution in [3.63, 3.8) is 0 Å². The van der Waals surface area contributed by atoms with Gasteiger partial charge in [-0.2, -0.15) is 0 Å². The molecule has 0 bridgehead atoms. The van der Waals surface area contributed by atoms with Crippen LogP contribution in [0.4, 0.5) is 8.78 Å². The van der Waals surface area contributed by atoms with Crippen molar-refractivity contribution < 1.29 is 13.5 Å². The van der Waals surface area contributed by atoms with E-state index in [9.17, 15) is 13.6 Å². The van der Waals surface area contributed by atoms with Gasteiger partial charge in [-0.05, 0) is 42.3 Å². The first kappa shape index (κ1) is 19.6. The van der Waals surface area contributed by atoms with E-state index in [1.54, 1.807) is 30.5 Å². The molecule has 0 fully saturated rings. The lowest BCUT2D eigenvalue weighted by molar-refractivity contribution is 0.397. The lowest BCUT2D eigenvalue weighted by Crippen LogP contribution is -2.26. The molecule has 3 aromatic heterocycles. The highest BCUT2D eigenvalue weighted by Crippen LogP contribution is 2.23. The Hall–Kier alpha value is -3.68. The van der Waals surface area contributed by atoms with E-state index >= 15 is 0 Å². The standard InChI is InChI=1S/C22H18F2N4O2/c1-13(8-14-9-15(23)11-16(24)10-14)21-27-20-18(4-3-7-25-20)22(29)28(21)17-5-6-19(30-2)26-12-17/h3-7,9-13H,8H2,1-2H3/t13-/m0/s1. The van der Waals surface area contributed by atoms with E-state index in [4.69, 9.17) is 4.74 Å². The van der Waals surface area contributed by atoms with Crippen LogP contribution in [0.2, 0.25) is 0 Å². The van der Waals surface area contributed by atoms with Crippen molar-refractivity contribution in [3.05, 3.63) is 88.2 Å². The van der Waals surface area contributed by atoms with Crippen molar-refractivity contribution in [2.24, 2.45) is 0 Å². The number of halogens is 2. The second-order valence-corrected chi connectivity index (χ2v) is 6.93. The van der Waals surface area contributed by atoms with Gasteiger partial charge in [-0.25, -0.2) is 23.7 Å². The average Bonchev–Trinajstić information content (AvgIpc) is 2.73. The van der Waals surface area contributed by atoms with Gasteiger partial charge in [0, 0.05) is 24.2 Å². The van der Waals surface area contributed by atoms with Crippen molar-refractivity contribution >= 4 is 11.0 Å². The van der Waals surface area contributed by atoms with Gasteiger partial charge in [-0.1, -0.05) is 6.92 Å². The highest BCUT2D eigenvalue weighted by molar-refractivity contribution is 5.73. The fourth-order valence-electron chi connectivity index (χ4n) is 3.42. The highest BCUT2D eigenvalue weighted by atomic mass is 19.1. The van der Waals surface area contributed by atoms with Gasteiger partial charge in [0.25, 0.3) is 5.56 Å². The number of fused-ring (bicyclic) bond motifs is 1. The normalized spacial score (nSPS) is 12.1. The molecule has 4 aromatic rings. The van der Waals surface area contributed by atoms with Crippen molar-refractivity contribution in [1.82, 2.24) is 19.5 Å². The van der Waals surface area contributed by atoms with Crippen LogP contribution in [0.3, 0.4) is 0 Å². The maximum Gasteiger partial charge on any atom is 0.267 e. The molecule has 0 saturated carbocycles. The van der Waals surface area contributed by atoms with Crippen LogP contribution in [-0.2, 0) is 6.42 Å². The lowest BCUT2D eigenvalue weighted by Gasteiger charge is -2.18. The summed E-state index contributed by atoms with van der Waals surface area (Å²) in [4.78, 5) is 26.3. The van der Waals surface area contributed by atoms with Crippen LogP contribution in [0, 0.1) is 11.6 Å². The van der Waals surface area contributed by atoms with Crippen LogP contribution >= 0.6 is 0 Å². The third-order valence-corrected chi connectivity index (χ3v) is 4.76. The van der Waals surface area contributed by atoms with E-state index in [1.807, 2.05) is 6.92 Å². The Morgan fingerprint density at radius 2 is 1.87 bits per heavy atom. The Balaban J connectivity index is 1.87. The smallest absolute Gasteiger partial charge is 0.267 e. The number of ether oxygens (including phenoxy) is 1. The number of rotatable bonds is 5. The summed E-state index contributed by atoms with van der Waals surface area (Å²) in [6.45, 7) is 1.84. The van der Waals surface area contributed by atoms with Crippen LogP contribution < -0.4 is 10.3 Å². The topological polar surface area (TPSA) is 69.9 Å². The highest BCUT2D eigenvalue weighted by Gasteiger charge is 2.20. The number of aromatic nitrogens is 4. The minimum absolute atomic E-state index is 0.281. The number of hydrogen-bond donors (Lipinski definition) is 0. The zero-order valence-electron chi connectivity index (χ0n) is 16.3. The molecule has 0 spiro atoms. The van der Waals surface area contributed by atoms with Crippen molar-refractivity contribution in [2.75, 3.05) is 7.11 Å². The minimum atomic E-state index is -0.651. The van der Waals surface area contributed by atoms with E-state index in [-0.39, 0.29) is 17.9 Å². The fraction of sp³-hybridized carbons (Fsp3) is 0.182. The summed E-state index contributed by atoms with van der Waals surface area (Å²) in [7, 11) is 1.50. The molecule has 0 unspecified atom stereocenters. The van der Waals surface area contributed by atoms with Gasteiger partial charge in [0.2, 0.25) is 5.88 Å². The monoisotopic (exact) mass is 408 g/mol. The third kappa shape index (κ3) is 3.76. The van der Waals surface area contributed by atoms with E-state index < -0.39 is 11.6 Å². The Kier molecular flexibility index (Phi) is 5.22. The molecule has 4 rings (SSSR count). The zero-order chi connectivity index (χ0) is 21.3. The molecule has 0 aliphatic heterocycles. The Morgan fingerprint density at radius 3 is 2.53 bits per heavy atom. The van der Waals surface area contributed by atoms with Gasteiger partial charge < -0.3 is 4.74 Å². The minimum Gasteiger partial charge on any atom is -0.481 e. The first-order valence-corrected chi connectivity index (χ1v) is 9.29. The molecule has 8 heteroatoms. The van der Waals surface area contributed by atoms with E-state index in [0.717, 1.165) is 6.07 Å². The number of pyridine rings is 2. The van der Waals surface area contributed by atoms with E-state index in [1.165, 1.54) is 30.0 Å². The summed E-state index contributed by atoms with van der Waals surface area (Å²) in [6, 6.07) is 10.0. The summed E-state index contributed by atoms with van der Waals surface area (Å²) in [5.74, 6) is -0.813. The predicted molar refractivity (Wildman–Crippen MR) is 108 cm³/mol. The second kappa shape index (κ2) is 7.98. The van der Waals surface area contributed by atoms with Crippen molar-refractivity contribution in [2.45, 2.75) is 19.3 Å². The molecule has 152 valence electrons. The third-order valence-electron chi connectivity index (χ3n) is 4.76. The largest absolute Gasteiger partial charge is 0.481 e. The molecule has 0 N–H and O–H groups in total. The van der Waals surface area contributed by atoms with Crippen molar-refractivity contribution in [3.8, 4) is 11.6 Å². The molecule has 1 aromatic carbocycles. The van der Waals surface area contributed by atoms with E-state index in [0.29, 0.717) is 34.0 Å². The molecule has 3 heterocycles. The lowest BCUT2D eigenvalue weighted by atomic mass is 9.99. The van der Waals surface area contributed by atoms with E-state index in [2.05, 4.69) is 15.0 Å². The van der Waals surface area contributed by atoms with Crippen LogP contribution in [0.1, 0.15) is 24.2 Å². The van der Waals surface area contributed by atoms with Crippen LogP contribution in [-0.4, -0.2) is 26.6 Å². The molecule has 0 amide bonds. The second-order valence-electron chi connectivity index (χ2n) is 6.93. The van der Waals surface area contributed by atoms with Gasteiger partial charge in [-0.3, -0.25) is 9.36 Å². The zero-order valence-corrected chi connectivity index (χ0v) is 16.3. The SMILES string of the molecule is COc1ccc(-n2c([C@@H](C)Cc3cc(F)cc(F)c3)nc3ncccc3c2=O)cn1. The molecule has 6 nitrogen and oxygen atoms in total. The molecular formula is C22H18F2N4O2. The summed E-state index contributed by atoms with van der Waals surface area (Å²) in [5, 5.41) is 0.362. The van der Waals surface area contributed by atoms with Crippen LogP contribution in [0.5, 0.6) is 5.88 Å². The number of methoxy groups -OCH3 is 1. The Morgan fingerprint density at radius 1 is 1.10 bits per heavy atom. The summed E-state index contributed by atoms with van der Waals surface area (Å²) in [5.41, 5.74) is 0.987. The van der Waals surface area contributed by atoms with Crippen LogP contribution in [0.25, 0.3) is 16.7 Å². The molecule has 0 aliphatic carbocycles. The van der Waals surface area contributed by atoms with Gasteiger partial charge in [0.15, 0.2) is 5.65 Å². The Bertz CT molecular complexity index is 1250. The predicted octanol–water partition coefficient (Wildman–Crippen LogP) is 3.81. The summed E-state index contributed by atoms with van der Waals surface area (Å²) < 4.78 is 33.8. The molecule has 0 saturated heterocycles. The van der Waals surface area contributed by atoms with Crippen LogP contribution in [0.15, 0.2) is 59.7 Å². The number of nitrogens with zero attached hydrogens (tertiary/aromatic N) is 4. The summed E-state index contributed by atoms with van der Waals surface area (Å²) >= 11 is 0. The maximum absolute atomic E-state index is 13.6. The first-order valence-electron chi connectivity index (χ1n) is 9.29. The molecule has 0 radical (unpaired) electrons. The van der Waals surface area contributed by atoms with Gasteiger partial charge in [0.05, 0.1) is 24.4 Å². The summed E-state index contributed by atoms with van der Waals surface area (Å²) in [6.07, 6.45) is 3.36. The van der Waals surface area contributed by atoms with Crippen molar-refractivity contribution in [1.29, 1.82) is 0 Å². The number of benzene rings is 1. The van der Waals surface area contributed by atoms with Gasteiger partial charge >= 0.3 is 0 Å². The average molecular weight is 408 g/mol. The molecule has 1 atom stereocenters. The maximum atomic E-state index is 13.6. The fourth-order valence-corrected chi connectivity index (χ4v) is 3.42. The Labute approximate surface area is 170 Å². The van der Waals surface area contributed by atoms with Gasteiger partial charge in [0.1, 0.15) is 17.5 Å².